The molecule has 0 bridgehead atoms. The van der Waals surface area contributed by atoms with Gasteiger partial charge in [-0.1, -0.05) is 20.8 Å². The summed E-state index contributed by atoms with van der Waals surface area (Å²) in [5.74, 6) is 0.873. The van der Waals surface area contributed by atoms with Crippen LogP contribution in [-0.2, 0) is 14.9 Å². The number of rotatable bonds is 3. The molecule has 3 rings (SSSR count). The summed E-state index contributed by atoms with van der Waals surface area (Å²) >= 11 is 0. The monoisotopic (exact) mass is 374 g/mol. The van der Waals surface area contributed by atoms with Crippen molar-refractivity contribution in [1.82, 2.24) is 9.80 Å². The molecule has 0 aromatic heterocycles. The van der Waals surface area contributed by atoms with E-state index in [1.54, 1.807) is 7.11 Å². The minimum absolute atomic E-state index is 0.00682. The Balaban J connectivity index is 1.66. The number of methoxy groups -OCH3 is 1. The van der Waals surface area contributed by atoms with Gasteiger partial charge in [0.1, 0.15) is 11.9 Å². The molecule has 1 unspecified atom stereocenters. The summed E-state index contributed by atoms with van der Waals surface area (Å²) in [6.45, 7) is 9.21. The van der Waals surface area contributed by atoms with E-state index in [2.05, 4.69) is 20.8 Å². The molecular weight excluding hydrogens is 344 g/mol. The molecule has 0 aliphatic carbocycles. The zero-order valence-electron chi connectivity index (χ0n) is 16.8. The van der Waals surface area contributed by atoms with Gasteiger partial charge in [-0.15, -0.1) is 0 Å². The molecule has 2 saturated heterocycles. The second-order valence-corrected chi connectivity index (χ2v) is 8.28. The van der Waals surface area contributed by atoms with Gasteiger partial charge >= 0.3 is 0 Å². The number of carbonyl (C=O) groups excluding carboxylic acids is 2. The Morgan fingerprint density at radius 2 is 1.78 bits per heavy atom. The van der Waals surface area contributed by atoms with Crippen LogP contribution in [0.4, 0.5) is 0 Å². The lowest BCUT2D eigenvalue weighted by Crippen LogP contribution is -2.52. The molecule has 2 aliphatic heterocycles. The first kappa shape index (κ1) is 19.7. The van der Waals surface area contributed by atoms with Gasteiger partial charge in [0.25, 0.3) is 11.8 Å². The summed E-state index contributed by atoms with van der Waals surface area (Å²) in [6, 6.07) is 5.62. The molecule has 2 heterocycles. The number of ether oxygens (including phenoxy) is 2. The van der Waals surface area contributed by atoms with E-state index in [4.69, 9.17) is 9.47 Å². The quantitative estimate of drug-likeness (QED) is 0.815. The van der Waals surface area contributed by atoms with Crippen LogP contribution in [0.25, 0.3) is 0 Å². The first-order valence-corrected chi connectivity index (χ1v) is 9.69. The Hall–Kier alpha value is -2.08. The number of hydrogen-bond acceptors (Lipinski definition) is 4. The van der Waals surface area contributed by atoms with Crippen molar-refractivity contribution in [1.29, 1.82) is 0 Å². The van der Waals surface area contributed by atoms with Gasteiger partial charge in [-0.2, -0.15) is 0 Å². The standard InChI is InChI=1S/C21H30N2O4/c1-21(2,3)16-14-15(7-8-17(16)26-4)19(24)22-9-11-23(12-10-22)20(25)18-6-5-13-27-18/h7-8,14,18H,5-6,9-13H2,1-4H3. The zero-order chi connectivity index (χ0) is 19.6. The maximum atomic E-state index is 13.0. The van der Waals surface area contributed by atoms with Crippen LogP contribution >= 0.6 is 0 Å². The van der Waals surface area contributed by atoms with Crippen molar-refractivity contribution in [3.63, 3.8) is 0 Å². The minimum Gasteiger partial charge on any atom is -0.496 e. The Morgan fingerprint density at radius 3 is 2.33 bits per heavy atom. The van der Waals surface area contributed by atoms with Gasteiger partial charge < -0.3 is 19.3 Å². The Kier molecular flexibility index (Phi) is 5.75. The molecule has 2 amide bonds. The van der Waals surface area contributed by atoms with Crippen LogP contribution in [0.15, 0.2) is 18.2 Å². The minimum atomic E-state index is -0.289. The van der Waals surface area contributed by atoms with Crippen LogP contribution in [0, 0.1) is 0 Å². The second-order valence-electron chi connectivity index (χ2n) is 8.28. The van der Waals surface area contributed by atoms with Crippen LogP contribution in [0.2, 0.25) is 0 Å². The van der Waals surface area contributed by atoms with Crippen LogP contribution in [0.3, 0.4) is 0 Å². The highest BCUT2D eigenvalue weighted by Crippen LogP contribution is 2.32. The van der Waals surface area contributed by atoms with Crippen molar-refractivity contribution < 1.29 is 19.1 Å². The van der Waals surface area contributed by atoms with Gasteiger partial charge in [-0.05, 0) is 36.5 Å². The molecule has 0 radical (unpaired) electrons. The van der Waals surface area contributed by atoms with Crippen molar-refractivity contribution in [3.8, 4) is 5.75 Å². The molecule has 0 spiro atoms. The van der Waals surface area contributed by atoms with Gasteiger partial charge in [0, 0.05) is 43.9 Å². The molecule has 2 aliphatic rings. The third-order valence-electron chi connectivity index (χ3n) is 5.34. The predicted molar refractivity (Wildman–Crippen MR) is 103 cm³/mol. The summed E-state index contributed by atoms with van der Waals surface area (Å²) in [5.41, 5.74) is 1.57. The van der Waals surface area contributed by atoms with Gasteiger partial charge in [-0.3, -0.25) is 9.59 Å². The lowest BCUT2D eigenvalue weighted by molar-refractivity contribution is -0.142. The smallest absolute Gasteiger partial charge is 0.253 e. The maximum absolute atomic E-state index is 13.0. The number of nitrogens with zero attached hydrogens (tertiary/aromatic N) is 2. The molecule has 27 heavy (non-hydrogen) atoms. The van der Waals surface area contributed by atoms with Gasteiger partial charge in [0.05, 0.1) is 7.11 Å². The molecule has 0 saturated carbocycles. The van der Waals surface area contributed by atoms with Crippen LogP contribution in [0.1, 0.15) is 49.5 Å². The largest absolute Gasteiger partial charge is 0.496 e. The van der Waals surface area contributed by atoms with E-state index in [1.807, 2.05) is 28.0 Å². The third-order valence-corrected chi connectivity index (χ3v) is 5.34. The fraction of sp³-hybridized carbons (Fsp3) is 0.619. The average molecular weight is 374 g/mol. The molecule has 6 heteroatoms. The Bertz CT molecular complexity index is 697. The van der Waals surface area contributed by atoms with Crippen LogP contribution in [-0.4, -0.2) is 67.6 Å². The third kappa shape index (κ3) is 4.26. The maximum Gasteiger partial charge on any atom is 0.253 e. The molecule has 6 nitrogen and oxygen atoms in total. The van der Waals surface area contributed by atoms with Crippen molar-refractivity contribution in [2.75, 3.05) is 39.9 Å². The van der Waals surface area contributed by atoms with Crippen LogP contribution in [0.5, 0.6) is 5.75 Å². The lowest BCUT2D eigenvalue weighted by atomic mass is 9.85. The highest BCUT2D eigenvalue weighted by Gasteiger charge is 2.32. The van der Waals surface area contributed by atoms with E-state index in [0.29, 0.717) is 38.3 Å². The van der Waals surface area contributed by atoms with Gasteiger partial charge in [-0.25, -0.2) is 0 Å². The van der Waals surface area contributed by atoms with Crippen molar-refractivity contribution in [2.24, 2.45) is 0 Å². The molecular formula is C21H30N2O4. The van der Waals surface area contributed by atoms with E-state index >= 15 is 0 Å². The first-order chi connectivity index (χ1) is 12.8. The highest BCUT2D eigenvalue weighted by molar-refractivity contribution is 5.95. The first-order valence-electron chi connectivity index (χ1n) is 9.69. The number of piperazine rings is 1. The predicted octanol–water partition coefficient (Wildman–Crippen LogP) is 2.46. The average Bonchev–Trinajstić information content (AvgIpc) is 3.20. The molecule has 1 atom stereocenters. The van der Waals surface area contributed by atoms with Gasteiger partial charge in [0.15, 0.2) is 0 Å². The van der Waals surface area contributed by atoms with Crippen molar-refractivity contribution in [3.05, 3.63) is 29.3 Å². The number of benzene rings is 1. The zero-order valence-corrected chi connectivity index (χ0v) is 16.8. The summed E-state index contributed by atoms with van der Waals surface area (Å²) < 4.78 is 11.0. The van der Waals surface area contributed by atoms with Gasteiger partial charge in [0.2, 0.25) is 0 Å². The SMILES string of the molecule is COc1ccc(C(=O)N2CCN(C(=O)C3CCCO3)CC2)cc1C(C)(C)C. The summed E-state index contributed by atoms with van der Waals surface area (Å²) in [4.78, 5) is 29.1. The van der Waals surface area contributed by atoms with E-state index in [9.17, 15) is 9.59 Å². The lowest BCUT2D eigenvalue weighted by Gasteiger charge is -2.36. The van der Waals surface area contributed by atoms with E-state index < -0.39 is 0 Å². The highest BCUT2D eigenvalue weighted by atomic mass is 16.5. The fourth-order valence-corrected chi connectivity index (χ4v) is 3.72. The Morgan fingerprint density at radius 1 is 1.11 bits per heavy atom. The van der Waals surface area contributed by atoms with Crippen molar-refractivity contribution >= 4 is 11.8 Å². The number of amides is 2. The normalized spacial score (nSPS) is 20.7. The fourth-order valence-electron chi connectivity index (χ4n) is 3.72. The molecule has 148 valence electrons. The molecule has 1 aromatic carbocycles. The number of hydrogen-bond donors (Lipinski definition) is 0. The van der Waals surface area contributed by atoms with Crippen LogP contribution < -0.4 is 4.74 Å². The molecule has 1 aromatic rings. The van der Waals surface area contributed by atoms with Crippen molar-refractivity contribution in [2.45, 2.75) is 45.1 Å². The molecule has 2 fully saturated rings. The van der Waals surface area contributed by atoms with E-state index in [0.717, 1.165) is 24.2 Å². The summed E-state index contributed by atoms with van der Waals surface area (Å²) in [7, 11) is 1.65. The topological polar surface area (TPSA) is 59.1 Å². The number of carbonyl (C=O) groups is 2. The van der Waals surface area contributed by atoms with E-state index in [1.165, 1.54) is 0 Å². The summed E-state index contributed by atoms with van der Waals surface area (Å²) in [6.07, 6.45) is 1.46. The Labute approximate surface area is 161 Å². The second kappa shape index (κ2) is 7.89. The summed E-state index contributed by atoms with van der Waals surface area (Å²) in [5, 5.41) is 0. The van der Waals surface area contributed by atoms with E-state index in [-0.39, 0.29) is 23.3 Å². The molecule has 0 N–H and O–H groups in total.